The second-order valence-corrected chi connectivity index (χ2v) is 29.9. The third kappa shape index (κ3) is 5.09. The molecule has 0 saturated carbocycles. The number of fused-ring (bicyclic) bond motifs is 4. The van der Waals surface area contributed by atoms with Crippen molar-refractivity contribution < 1.29 is 17.9 Å². The fraction of sp³-hybridized carbons (Fsp3) is 0.316. The molecule has 1 unspecified atom stereocenters. The molecule has 0 radical (unpaired) electrons. The van der Waals surface area contributed by atoms with E-state index in [1.807, 2.05) is 0 Å². The van der Waals surface area contributed by atoms with Gasteiger partial charge < -0.3 is 0 Å². The molecule has 0 amide bonds. The van der Waals surface area contributed by atoms with E-state index in [2.05, 4.69) is 134 Å². The fourth-order valence-corrected chi connectivity index (χ4v) is 24.3. The van der Waals surface area contributed by atoms with E-state index in [4.69, 9.17) is 17.0 Å². The third-order valence-electron chi connectivity index (χ3n) is 9.40. The quantitative estimate of drug-likeness (QED) is 0.162. The normalized spacial score (nSPS) is 16.7. The maximum absolute atomic E-state index is 7.84. The summed E-state index contributed by atoms with van der Waals surface area (Å²) >= 11 is -3.97. The van der Waals surface area contributed by atoms with Gasteiger partial charge in [-0.05, 0) is 0 Å². The van der Waals surface area contributed by atoms with Crippen molar-refractivity contribution in [2.24, 2.45) is 0 Å². The standard InChI is InChI=1S/C26H33.C12H9Si.2ClH.Zr/c1-16(2)20-13-21(17(3)4)15-22(14-20)25-23-12-18(5)11-19(23)9-10-24(25)26(6,7)8;1-3-7-11-9(5-1)10-6-2-4-8-12(10)13-11;;;/h9-17H,1-8H3;1-7H,13H2;2*1H;/q;;;;+2/p-2. The van der Waals surface area contributed by atoms with Gasteiger partial charge in [0.15, 0.2) is 0 Å². The Hall–Kier alpha value is -1.70. The molecule has 2 aliphatic rings. The molecule has 6 rings (SSSR count). The van der Waals surface area contributed by atoms with Gasteiger partial charge >= 0.3 is 269 Å². The molecular formula is C38H42Cl2SiZr. The van der Waals surface area contributed by atoms with E-state index in [1.54, 1.807) is 0 Å². The van der Waals surface area contributed by atoms with Crippen molar-refractivity contribution in [3.8, 4) is 22.3 Å². The molecule has 1 atom stereocenters. The van der Waals surface area contributed by atoms with Crippen LogP contribution in [-0.2, 0) is 23.3 Å². The van der Waals surface area contributed by atoms with Gasteiger partial charge in [-0.2, -0.15) is 0 Å². The summed E-state index contributed by atoms with van der Waals surface area (Å²) in [4.78, 5) is 0. The molecule has 0 saturated heterocycles. The second-order valence-electron chi connectivity index (χ2n) is 14.0. The molecule has 1 heterocycles. The third-order valence-corrected chi connectivity index (χ3v) is 24.0. The van der Waals surface area contributed by atoms with Crippen molar-refractivity contribution in [3.05, 3.63) is 106 Å². The molecule has 216 valence electrons. The number of allylic oxidation sites excluding steroid dienone is 1. The molecule has 4 aromatic rings. The fourth-order valence-electron chi connectivity index (χ4n) is 7.13. The summed E-state index contributed by atoms with van der Waals surface area (Å²) in [5.74, 6) is 0.927. The molecule has 4 aromatic carbocycles. The Labute approximate surface area is 266 Å². The van der Waals surface area contributed by atoms with Crippen molar-refractivity contribution in [1.82, 2.24) is 0 Å². The van der Waals surface area contributed by atoms with Crippen LogP contribution in [0.25, 0.3) is 28.3 Å². The molecule has 4 heteroatoms. The van der Waals surface area contributed by atoms with Crippen LogP contribution in [0.4, 0.5) is 0 Å². The molecule has 0 fully saturated rings. The van der Waals surface area contributed by atoms with E-state index in [0.29, 0.717) is 11.8 Å². The summed E-state index contributed by atoms with van der Waals surface area (Å²) in [5, 5.41) is 3.00. The first kappa shape index (κ1) is 30.3. The summed E-state index contributed by atoms with van der Waals surface area (Å²) in [6.07, 6.45) is 2.42. The zero-order valence-electron chi connectivity index (χ0n) is 26.2. The minimum absolute atomic E-state index is 0.00402. The Morgan fingerprint density at radius 2 is 1.43 bits per heavy atom. The summed E-state index contributed by atoms with van der Waals surface area (Å²) in [5.41, 5.74) is 13.6. The zero-order chi connectivity index (χ0) is 30.1. The Morgan fingerprint density at radius 1 is 0.786 bits per heavy atom. The number of rotatable bonds is 5. The first-order chi connectivity index (χ1) is 19.8. The van der Waals surface area contributed by atoms with Crippen LogP contribution in [-0.4, -0.2) is 9.52 Å². The van der Waals surface area contributed by atoms with Crippen molar-refractivity contribution >= 4 is 46.3 Å². The molecule has 0 bridgehead atoms. The zero-order valence-corrected chi connectivity index (χ0v) is 31.6. The number of hydrogen-bond acceptors (Lipinski definition) is 0. The van der Waals surface area contributed by atoms with E-state index >= 15 is 0 Å². The van der Waals surface area contributed by atoms with Gasteiger partial charge in [0.1, 0.15) is 0 Å². The van der Waals surface area contributed by atoms with Gasteiger partial charge in [-0.15, -0.1) is 0 Å². The molecule has 42 heavy (non-hydrogen) atoms. The van der Waals surface area contributed by atoms with Gasteiger partial charge in [-0.3, -0.25) is 0 Å². The van der Waals surface area contributed by atoms with Crippen LogP contribution < -0.4 is 13.6 Å². The summed E-state index contributed by atoms with van der Waals surface area (Å²) < 4.78 is 1.39. The van der Waals surface area contributed by atoms with E-state index in [9.17, 15) is 0 Å². The number of benzene rings is 4. The molecule has 0 aromatic heterocycles. The molecular weight excluding hydrogens is 647 g/mol. The van der Waals surface area contributed by atoms with Crippen molar-refractivity contribution in [2.45, 2.75) is 76.3 Å². The van der Waals surface area contributed by atoms with Gasteiger partial charge in [0.05, 0.1) is 0 Å². The van der Waals surface area contributed by atoms with Gasteiger partial charge in [0, 0.05) is 0 Å². The first-order valence-electron chi connectivity index (χ1n) is 15.4. The number of halogens is 2. The van der Waals surface area contributed by atoms with Crippen LogP contribution in [0.2, 0.25) is 0 Å². The van der Waals surface area contributed by atoms with E-state index in [1.165, 1.54) is 69.3 Å². The molecule has 0 nitrogen and oxygen atoms in total. The van der Waals surface area contributed by atoms with E-state index in [-0.39, 0.29) is 9.04 Å². The predicted molar refractivity (Wildman–Crippen MR) is 186 cm³/mol. The van der Waals surface area contributed by atoms with Crippen LogP contribution in [0.5, 0.6) is 0 Å². The van der Waals surface area contributed by atoms with Gasteiger partial charge in [-0.25, -0.2) is 0 Å². The van der Waals surface area contributed by atoms with E-state index in [0.717, 1.165) is 0 Å². The molecule has 0 spiro atoms. The van der Waals surface area contributed by atoms with Crippen LogP contribution in [0.3, 0.4) is 0 Å². The van der Waals surface area contributed by atoms with Gasteiger partial charge in [-0.1, -0.05) is 0 Å². The summed E-state index contributed by atoms with van der Waals surface area (Å²) in [7, 11) is 15.0. The predicted octanol–water partition coefficient (Wildman–Crippen LogP) is 9.24. The van der Waals surface area contributed by atoms with Crippen LogP contribution in [0, 0.1) is 0 Å². The molecule has 1 aliphatic heterocycles. The van der Waals surface area contributed by atoms with Crippen LogP contribution in [0.15, 0.2) is 78.4 Å². The Bertz CT molecular complexity index is 1710. The van der Waals surface area contributed by atoms with Gasteiger partial charge in [0.25, 0.3) is 0 Å². The average molecular weight is 689 g/mol. The number of hydrogen-bond donors (Lipinski definition) is 0. The minimum atomic E-state index is -3.97. The van der Waals surface area contributed by atoms with Crippen molar-refractivity contribution in [1.29, 1.82) is 0 Å². The average Bonchev–Trinajstić information content (AvgIpc) is 3.48. The van der Waals surface area contributed by atoms with Crippen molar-refractivity contribution in [2.75, 3.05) is 0 Å². The molecule has 1 aliphatic carbocycles. The SMILES string of the molecule is CC1=Cc2c(ccc(C(C)(C)C)c2-c2cc(C(C)C)cc(C(C)C)c2)[CH]1[Zr]([Cl])([Cl])[c]1cccc2c1[SiH2]c1ccccc1-2. The summed E-state index contributed by atoms with van der Waals surface area (Å²) in [6, 6.07) is 27.6. The second kappa shape index (κ2) is 11.0. The topological polar surface area (TPSA) is 0 Å². The van der Waals surface area contributed by atoms with E-state index < -0.39 is 27.4 Å². The van der Waals surface area contributed by atoms with Crippen LogP contribution in [0.1, 0.15) is 98.7 Å². The maximum atomic E-state index is 7.84. The first-order valence-corrected chi connectivity index (χ1v) is 25.8. The monoisotopic (exact) mass is 686 g/mol. The van der Waals surface area contributed by atoms with Gasteiger partial charge in [0.2, 0.25) is 0 Å². The Balaban J connectivity index is 1.55. The Kier molecular flexibility index (Phi) is 7.96. The van der Waals surface area contributed by atoms with Crippen LogP contribution >= 0.6 is 17.0 Å². The van der Waals surface area contributed by atoms with Crippen molar-refractivity contribution in [3.63, 3.8) is 0 Å². The Morgan fingerprint density at radius 3 is 2.07 bits per heavy atom. The summed E-state index contributed by atoms with van der Waals surface area (Å²) in [6.45, 7) is 18.5. The molecule has 0 N–H and O–H groups in total.